The number of nitrogens with zero attached hydrogens (tertiary/aromatic N) is 1. The van der Waals surface area contributed by atoms with Crippen LogP contribution < -0.4 is 11.1 Å². The number of hydrogen-bond donors (Lipinski definition) is 2. The highest BCUT2D eigenvalue weighted by molar-refractivity contribution is 5.86. The molecule has 6 heteroatoms. The number of ether oxygens (including phenoxy) is 2. The normalized spacial score (nSPS) is 23.8. The molecule has 0 saturated carbocycles. The Hall–Kier alpha value is -2.24. The van der Waals surface area contributed by atoms with Crippen LogP contribution >= 0.6 is 0 Å². The molecule has 1 amide bonds. The van der Waals surface area contributed by atoms with Crippen LogP contribution in [0.1, 0.15) is 17.5 Å². The molecule has 1 spiro atoms. The zero-order valence-electron chi connectivity index (χ0n) is 11.3. The van der Waals surface area contributed by atoms with Gasteiger partial charge in [-0.3, -0.25) is 5.32 Å². The lowest BCUT2D eigenvalue weighted by Gasteiger charge is -2.31. The molecule has 0 saturated heterocycles. The summed E-state index contributed by atoms with van der Waals surface area (Å²) >= 11 is 0. The second-order valence-electron chi connectivity index (χ2n) is 5.20. The van der Waals surface area contributed by atoms with Crippen LogP contribution in [0, 0.1) is 0 Å². The Kier molecular flexibility index (Phi) is 3.00. The van der Waals surface area contributed by atoms with Gasteiger partial charge in [0.25, 0.3) is 6.02 Å². The van der Waals surface area contributed by atoms with E-state index in [1.54, 1.807) is 0 Å². The minimum absolute atomic E-state index is 0.235. The topological polar surface area (TPSA) is 85.9 Å². The van der Waals surface area contributed by atoms with Crippen molar-refractivity contribution in [2.75, 3.05) is 19.0 Å². The molecule has 0 fully saturated rings. The Bertz CT molecular complexity index is 585. The van der Waals surface area contributed by atoms with Gasteiger partial charge in [0.15, 0.2) is 0 Å². The number of hydrogen-bond acceptors (Lipinski definition) is 5. The van der Waals surface area contributed by atoms with Crippen molar-refractivity contribution < 1.29 is 14.3 Å². The van der Waals surface area contributed by atoms with E-state index >= 15 is 0 Å². The van der Waals surface area contributed by atoms with Gasteiger partial charge in [0.1, 0.15) is 12.1 Å². The van der Waals surface area contributed by atoms with Gasteiger partial charge < -0.3 is 15.2 Å². The summed E-state index contributed by atoms with van der Waals surface area (Å²) in [4.78, 5) is 15.8. The van der Waals surface area contributed by atoms with Crippen molar-refractivity contribution in [1.29, 1.82) is 0 Å². The third-order valence-electron chi connectivity index (χ3n) is 3.89. The summed E-state index contributed by atoms with van der Waals surface area (Å²) in [5.41, 5.74) is 8.51. The van der Waals surface area contributed by atoms with Gasteiger partial charge in [0.05, 0.1) is 7.11 Å². The van der Waals surface area contributed by atoms with Crippen molar-refractivity contribution in [1.82, 2.24) is 0 Å². The molecule has 1 aromatic carbocycles. The minimum Gasteiger partial charge on any atom is -0.463 e. The van der Waals surface area contributed by atoms with Crippen LogP contribution in [0.5, 0.6) is 0 Å². The molecule has 1 unspecified atom stereocenters. The third kappa shape index (κ3) is 2.17. The SMILES string of the molecule is COC(=O)Nc1cccc2c1CCC1(COC(N)=N1)C2. The number of benzene rings is 1. The first-order chi connectivity index (χ1) is 9.62. The van der Waals surface area contributed by atoms with E-state index < -0.39 is 6.09 Å². The zero-order valence-corrected chi connectivity index (χ0v) is 11.3. The monoisotopic (exact) mass is 275 g/mol. The first kappa shape index (κ1) is 12.8. The summed E-state index contributed by atoms with van der Waals surface area (Å²) < 4.78 is 9.96. The summed E-state index contributed by atoms with van der Waals surface area (Å²) in [7, 11) is 1.35. The number of nitrogens with two attached hydrogens (primary N) is 1. The van der Waals surface area contributed by atoms with E-state index in [-0.39, 0.29) is 11.6 Å². The molecule has 1 aromatic rings. The number of rotatable bonds is 1. The number of carbonyl (C=O) groups is 1. The van der Waals surface area contributed by atoms with Crippen LogP contribution in [0.25, 0.3) is 0 Å². The van der Waals surface area contributed by atoms with E-state index in [4.69, 9.17) is 10.5 Å². The van der Waals surface area contributed by atoms with Crippen molar-refractivity contribution in [3.63, 3.8) is 0 Å². The predicted octanol–water partition coefficient (Wildman–Crippen LogP) is 1.44. The van der Waals surface area contributed by atoms with Gasteiger partial charge in [-0.05, 0) is 30.0 Å². The van der Waals surface area contributed by atoms with Crippen molar-refractivity contribution in [3.8, 4) is 0 Å². The molecule has 20 heavy (non-hydrogen) atoms. The van der Waals surface area contributed by atoms with Crippen LogP contribution in [-0.2, 0) is 22.3 Å². The second kappa shape index (κ2) is 4.70. The summed E-state index contributed by atoms with van der Waals surface area (Å²) in [6.07, 6.45) is 2.01. The lowest BCUT2D eigenvalue weighted by Crippen LogP contribution is -2.36. The van der Waals surface area contributed by atoms with Crippen LogP contribution in [0.4, 0.5) is 10.5 Å². The molecule has 1 atom stereocenters. The van der Waals surface area contributed by atoms with Crippen LogP contribution in [0.15, 0.2) is 23.2 Å². The highest BCUT2D eigenvalue weighted by atomic mass is 16.5. The quantitative estimate of drug-likeness (QED) is 0.812. The molecule has 1 heterocycles. The molecule has 3 N–H and O–H groups in total. The van der Waals surface area contributed by atoms with Gasteiger partial charge in [-0.1, -0.05) is 12.1 Å². The maximum absolute atomic E-state index is 11.4. The number of carbonyl (C=O) groups excluding carboxylic acids is 1. The Morgan fingerprint density at radius 2 is 2.40 bits per heavy atom. The van der Waals surface area contributed by atoms with E-state index in [0.29, 0.717) is 6.61 Å². The van der Waals surface area contributed by atoms with Crippen molar-refractivity contribution in [3.05, 3.63) is 29.3 Å². The number of anilines is 1. The number of aliphatic imine (C=N–C) groups is 1. The lowest BCUT2D eigenvalue weighted by atomic mass is 9.78. The fraction of sp³-hybridized carbons (Fsp3) is 0.429. The Balaban J connectivity index is 1.88. The standard InChI is InChI=1S/C14H17N3O3/c1-19-13(18)16-11-4-2-3-9-7-14(6-5-10(9)11)8-20-12(15)17-14/h2-4H,5-8H2,1H3,(H2,15,17)(H,16,18). The molecule has 6 nitrogen and oxygen atoms in total. The lowest BCUT2D eigenvalue weighted by molar-refractivity contribution is 0.187. The molecule has 1 aliphatic heterocycles. The second-order valence-corrected chi connectivity index (χ2v) is 5.20. The number of fused-ring (bicyclic) bond motifs is 1. The van der Waals surface area contributed by atoms with Crippen LogP contribution in [0.3, 0.4) is 0 Å². The first-order valence-electron chi connectivity index (χ1n) is 6.56. The molecule has 0 radical (unpaired) electrons. The number of methoxy groups -OCH3 is 1. The number of amidine groups is 1. The van der Waals surface area contributed by atoms with Gasteiger partial charge in [0, 0.05) is 12.1 Å². The summed E-state index contributed by atoms with van der Waals surface area (Å²) in [6, 6.07) is 6.14. The van der Waals surface area contributed by atoms with Crippen LogP contribution in [0.2, 0.25) is 0 Å². The molecule has 2 aliphatic rings. The molecule has 0 aromatic heterocycles. The summed E-state index contributed by atoms with van der Waals surface area (Å²) in [5, 5.41) is 2.75. The zero-order chi connectivity index (χ0) is 14.2. The average molecular weight is 275 g/mol. The largest absolute Gasteiger partial charge is 0.463 e. The number of amides is 1. The Morgan fingerprint density at radius 1 is 1.55 bits per heavy atom. The Labute approximate surface area is 117 Å². The van der Waals surface area contributed by atoms with Crippen LogP contribution in [-0.4, -0.2) is 31.4 Å². The number of nitrogens with one attached hydrogen (secondary N) is 1. The van der Waals surface area contributed by atoms with E-state index in [1.807, 2.05) is 12.1 Å². The highest BCUT2D eigenvalue weighted by Crippen LogP contribution is 2.37. The molecular weight excluding hydrogens is 258 g/mol. The predicted molar refractivity (Wildman–Crippen MR) is 74.8 cm³/mol. The maximum atomic E-state index is 11.4. The smallest absolute Gasteiger partial charge is 0.411 e. The van der Waals surface area contributed by atoms with E-state index in [1.165, 1.54) is 12.7 Å². The molecule has 106 valence electrons. The third-order valence-corrected chi connectivity index (χ3v) is 3.89. The highest BCUT2D eigenvalue weighted by Gasteiger charge is 2.39. The van der Waals surface area contributed by atoms with Crippen molar-refractivity contribution in [2.45, 2.75) is 24.8 Å². The summed E-state index contributed by atoms with van der Waals surface area (Å²) in [6.45, 7) is 0.535. The van der Waals surface area contributed by atoms with E-state index in [9.17, 15) is 4.79 Å². The molecule has 0 bridgehead atoms. The maximum Gasteiger partial charge on any atom is 0.411 e. The van der Waals surface area contributed by atoms with Gasteiger partial charge in [-0.25, -0.2) is 9.79 Å². The van der Waals surface area contributed by atoms with E-state index in [0.717, 1.165) is 30.5 Å². The summed E-state index contributed by atoms with van der Waals surface area (Å²) in [5.74, 6) is 0. The van der Waals surface area contributed by atoms with E-state index in [2.05, 4.69) is 21.1 Å². The van der Waals surface area contributed by atoms with Crippen molar-refractivity contribution in [2.24, 2.45) is 10.7 Å². The van der Waals surface area contributed by atoms with Gasteiger partial charge in [0.2, 0.25) is 0 Å². The van der Waals surface area contributed by atoms with Gasteiger partial charge >= 0.3 is 6.09 Å². The Morgan fingerprint density at radius 3 is 3.10 bits per heavy atom. The minimum atomic E-state index is -0.454. The first-order valence-corrected chi connectivity index (χ1v) is 6.56. The molecule has 3 rings (SSSR count). The molecule has 1 aliphatic carbocycles. The van der Waals surface area contributed by atoms with Gasteiger partial charge in [-0.15, -0.1) is 0 Å². The fourth-order valence-electron chi connectivity index (χ4n) is 2.90. The molecular formula is C14H17N3O3. The fourth-order valence-corrected chi connectivity index (χ4v) is 2.90. The van der Waals surface area contributed by atoms with Gasteiger partial charge in [-0.2, -0.15) is 0 Å². The average Bonchev–Trinajstić information content (AvgIpc) is 2.79. The van der Waals surface area contributed by atoms with Crippen molar-refractivity contribution >= 4 is 17.8 Å².